The van der Waals surface area contributed by atoms with Crippen LogP contribution in [0.25, 0.3) is 0 Å². The summed E-state index contributed by atoms with van der Waals surface area (Å²) in [6.07, 6.45) is 2.13. The van der Waals surface area contributed by atoms with Gasteiger partial charge in [-0.15, -0.1) is 0 Å². The van der Waals surface area contributed by atoms with Gasteiger partial charge in [-0.3, -0.25) is 4.79 Å². The topological polar surface area (TPSA) is 83.9 Å². The van der Waals surface area contributed by atoms with Crippen LogP contribution in [0.2, 0.25) is 0 Å². The molecule has 0 aliphatic carbocycles. The van der Waals surface area contributed by atoms with Crippen molar-refractivity contribution in [1.82, 2.24) is 4.31 Å². The van der Waals surface area contributed by atoms with Gasteiger partial charge in [0.05, 0.1) is 10.5 Å². The monoisotopic (exact) mass is 397 g/mol. The number of sulfonamides is 1. The zero-order valence-corrected chi connectivity index (χ0v) is 17.7. The van der Waals surface area contributed by atoms with Crippen molar-refractivity contribution in [3.63, 3.8) is 0 Å². The largest absolute Gasteiger partial charge is 0.459 e. The molecule has 1 aliphatic rings. The fourth-order valence-electron chi connectivity index (χ4n) is 3.28. The number of ether oxygens (including phenoxy) is 1. The molecule has 0 radical (unpaired) electrons. The van der Waals surface area contributed by atoms with Crippen molar-refractivity contribution in [2.75, 3.05) is 6.54 Å². The second kappa shape index (κ2) is 7.89. The van der Waals surface area contributed by atoms with Crippen molar-refractivity contribution in [1.29, 1.82) is 0 Å². The van der Waals surface area contributed by atoms with Gasteiger partial charge in [-0.05, 0) is 46.2 Å². The molecule has 1 fully saturated rings. The van der Waals surface area contributed by atoms with E-state index in [0.29, 0.717) is 6.42 Å². The molecule has 2 rings (SSSR count). The van der Waals surface area contributed by atoms with Gasteiger partial charge in [-0.2, -0.15) is 4.31 Å². The van der Waals surface area contributed by atoms with E-state index in [0.717, 1.165) is 22.7 Å². The quantitative estimate of drug-likeness (QED) is 0.746. The van der Waals surface area contributed by atoms with Crippen LogP contribution >= 0.6 is 0 Å². The Kier molecular flexibility index (Phi) is 6.39. The molecule has 0 amide bonds. The molecule has 0 unspecified atom stereocenters. The number of carbonyl (C=O) groups excluding carboxylic acids is 1. The SMILES string of the molecule is CCCC[C@@]1(O)C[C@@H](C(=O)OC(C)(C)C)N(S(=O)(=O)c2ccc(C)cc2)C1. The lowest BCUT2D eigenvalue weighted by Gasteiger charge is -2.26. The maximum Gasteiger partial charge on any atom is 0.325 e. The normalized spacial score (nSPS) is 24.1. The molecule has 1 aliphatic heterocycles. The van der Waals surface area contributed by atoms with Crippen LogP contribution in [0.15, 0.2) is 29.2 Å². The van der Waals surface area contributed by atoms with Gasteiger partial charge in [0.1, 0.15) is 11.6 Å². The first-order valence-electron chi connectivity index (χ1n) is 9.42. The van der Waals surface area contributed by atoms with Crippen molar-refractivity contribution in [2.24, 2.45) is 0 Å². The molecule has 1 N–H and O–H groups in total. The van der Waals surface area contributed by atoms with E-state index < -0.39 is 33.2 Å². The summed E-state index contributed by atoms with van der Waals surface area (Å²) < 4.78 is 32.9. The summed E-state index contributed by atoms with van der Waals surface area (Å²) in [4.78, 5) is 12.8. The Hall–Kier alpha value is -1.44. The molecule has 0 spiro atoms. The molecule has 1 aromatic rings. The fraction of sp³-hybridized carbons (Fsp3) is 0.650. The minimum Gasteiger partial charge on any atom is -0.459 e. The molecule has 0 aromatic heterocycles. The molecule has 1 heterocycles. The molecule has 2 atom stereocenters. The minimum atomic E-state index is -3.93. The van der Waals surface area contributed by atoms with Crippen molar-refractivity contribution < 1.29 is 23.1 Å². The van der Waals surface area contributed by atoms with Crippen LogP contribution in [0.3, 0.4) is 0 Å². The third-order valence-electron chi connectivity index (χ3n) is 4.67. The number of hydrogen-bond acceptors (Lipinski definition) is 5. The summed E-state index contributed by atoms with van der Waals surface area (Å²) in [5, 5.41) is 11.0. The number of carbonyl (C=O) groups is 1. The Morgan fingerprint density at radius 1 is 1.30 bits per heavy atom. The number of aliphatic hydroxyl groups is 1. The third kappa shape index (κ3) is 5.30. The lowest BCUT2D eigenvalue weighted by atomic mass is 9.94. The van der Waals surface area contributed by atoms with Gasteiger partial charge in [0.15, 0.2) is 0 Å². The average Bonchev–Trinajstić information content (AvgIpc) is 2.91. The number of benzene rings is 1. The highest BCUT2D eigenvalue weighted by atomic mass is 32.2. The molecule has 27 heavy (non-hydrogen) atoms. The summed E-state index contributed by atoms with van der Waals surface area (Å²) in [5.74, 6) is -0.620. The van der Waals surface area contributed by atoms with E-state index in [1.165, 1.54) is 12.1 Å². The minimum absolute atomic E-state index is 0.0486. The highest BCUT2D eigenvalue weighted by Gasteiger charge is 2.51. The van der Waals surface area contributed by atoms with E-state index >= 15 is 0 Å². The summed E-state index contributed by atoms with van der Waals surface area (Å²) in [6.45, 7) is 8.99. The third-order valence-corrected chi connectivity index (χ3v) is 6.54. The smallest absolute Gasteiger partial charge is 0.325 e. The number of β-amino-alcohol motifs (C(OH)–C–C–N with tert-alkyl or cyclic N) is 1. The Morgan fingerprint density at radius 3 is 2.41 bits per heavy atom. The Labute approximate surface area is 162 Å². The summed E-state index contributed by atoms with van der Waals surface area (Å²) >= 11 is 0. The zero-order valence-electron chi connectivity index (χ0n) is 16.9. The Morgan fingerprint density at radius 2 is 1.89 bits per heavy atom. The van der Waals surface area contributed by atoms with Crippen molar-refractivity contribution in [3.05, 3.63) is 29.8 Å². The predicted octanol–water partition coefficient (Wildman–Crippen LogP) is 3.02. The average molecular weight is 398 g/mol. The Balaban J connectivity index is 2.38. The maximum atomic E-state index is 13.2. The van der Waals surface area contributed by atoms with E-state index in [1.807, 2.05) is 13.8 Å². The molecule has 152 valence electrons. The van der Waals surface area contributed by atoms with Gasteiger partial charge in [0.25, 0.3) is 0 Å². The van der Waals surface area contributed by atoms with Gasteiger partial charge >= 0.3 is 5.97 Å². The van der Waals surface area contributed by atoms with E-state index in [-0.39, 0.29) is 17.9 Å². The van der Waals surface area contributed by atoms with E-state index in [4.69, 9.17) is 4.74 Å². The molecule has 1 aromatic carbocycles. The highest BCUT2D eigenvalue weighted by Crippen LogP contribution is 2.36. The molecule has 1 saturated heterocycles. The lowest BCUT2D eigenvalue weighted by Crippen LogP contribution is -2.43. The maximum absolute atomic E-state index is 13.2. The number of aryl methyl sites for hydroxylation is 1. The van der Waals surface area contributed by atoms with Gasteiger partial charge < -0.3 is 9.84 Å². The van der Waals surface area contributed by atoms with Gasteiger partial charge in [0, 0.05) is 13.0 Å². The fourth-order valence-corrected chi connectivity index (χ4v) is 4.94. The van der Waals surface area contributed by atoms with Crippen LogP contribution in [-0.4, -0.2) is 47.6 Å². The number of nitrogens with zero attached hydrogens (tertiary/aromatic N) is 1. The first-order valence-corrected chi connectivity index (χ1v) is 10.9. The molecule has 7 heteroatoms. The Bertz CT molecular complexity index is 767. The highest BCUT2D eigenvalue weighted by molar-refractivity contribution is 7.89. The van der Waals surface area contributed by atoms with Gasteiger partial charge in [-0.25, -0.2) is 8.42 Å². The number of unbranched alkanes of at least 4 members (excludes halogenated alkanes) is 1. The van der Waals surface area contributed by atoms with Crippen molar-refractivity contribution >= 4 is 16.0 Å². The van der Waals surface area contributed by atoms with Gasteiger partial charge in [0.2, 0.25) is 10.0 Å². The van der Waals surface area contributed by atoms with Crippen molar-refractivity contribution in [3.8, 4) is 0 Å². The molecular weight excluding hydrogens is 366 g/mol. The first kappa shape index (κ1) is 21.9. The number of esters is 1. The van der Waals surface area contributed by atoms with Crippen LogP contribution in [0.1, 0.15) is 58.9 Å². The van der Waals surface area contributed by atoms with Crippen LogP contribution in [-0.2, 0) is 19.6 Å². The molecule has 0 saturated carbocycles. The van der Waals surface area contributed by atoms with Crippen LogP contribution in [0.5, 0.6) is 0 Å². The van der Waals surface area contributed by atoms with Crippen LogP contribution in [0, 0.1) is 6.92 Å². The summed E-state index contributed by atoms with van der Waals surface area (Å²) in [6, 6.07) is 5.46. The standard InChI is InChI=1S/C20H31NO5S/c1-6-7-12-20(23)13-17(18(22)26-19(3,4)5)21(14-20)27(24,25)16-10-8-15(2)9-11-16/h8-11,17,23H,6-7,12-14H2,1-5H3/t17-,20+/m0/s1. The van der Waals surface area contributed by atoms with E-state index in [1.54, 1.807) is 32.9 Å². The van der Waals surface area contributed by atoms with E-state index in [9.17, 15) is 18.3 Å². The molecule has 0 bridgehead atoms. The number of hydrogen-bond donors (Lipinski definition) is 1. The second-order valence-electron chi connectivity index (χ2n) is 8.44. The van der Waals surface area contributed by atoms with Crippen LogP contribution in [0.4, 0.5) is 0 Å². The zero-order chi connectivity index (χ0) is 20.5. The van der Waals surface area contributed by atoms with Gasteiger partial charge in [-0.1, -0.05) is 37.5 Å². The van der Waals surface area contributed by atoms with Crippen LogP contribution < -0.4 is 0 Å². The second-order valence-corrected chi connectivity index (χ2v) is 10.3. The van der Waals surface area contributed by atoms with E-state index in [2.05, 4.69) is 0 Å². The predicted molar refractivity (Wildman–Crippen MR) is 104 cm³/mol. The molecular formula is C20H31NO5S. The lowest BCUT2D eigenvalue weighted by molar-refractivity contribution is -0.159. The summed E-state index contributed by atoms with van der Waals surface area (Å²) in [7, 11) is -3.93. The molecule has 6 nitrogen and oxygen atoms in total. The van der Waals surface area contributed by atoms with Crippen molar-refractivity contribution in [2.45, 2.75) is 82.4 Å². The summed E-state index contributed by atoms with van der Waals surface area (Å²) in [5.41, 5.74) is -1.02. The first-order chi connectivity index (χ1) is 12.4. The number of rotatable bonds is 6.